The highest BCUT2D eigenvalue weighted by Gasteiger charge is 2.23. The molecule has 0 unspecified atom stereocenters. The number of anilines is 1. The third-order valence-electron chi connectivity index (χ3n) is 1.67. The van der Waals surface area contributed by atoms with Crippen LogP contribution in [0.25, 0.3) is 0 Å². The minimum Gasteiger partial charge on any atom is -0.384 e. The molecule has 1 aromatic rings. The Kier molecular flexibility index (Phi) is 3.43. The van der Waals surface area contributed by atoms with Crippen molar-refractivity contribution in [3.05, 3.63) is 29.8 Å². The van der Waals surface area contributed by atoms with Gasteiger partial charge in [-0.2, -0.15) is 8.78 Å². The van der Waals surface area contributed by atoms with Crippen molar-refractivity contribution in [2.75, 3.05) is 4.72 Å². The standard InChI is InChI=1S/C8H9F2N3O2S/c9-8(10)16(14,15)13-6-3-1-2-5(4-6)7(11)12/h1-4,8,13H,(H3,11,12). The van der Waals surface area contributed by atoms with Gasteiger partial charge in [0.25, 0.3) is 10.0 Å². The summed E-state index contributed by atoms with van der Waals surface area (Å²) in [6.45, 7) is 0. The molecule has 0 aliphatic rings. The maximum absolute atomic E-state index is 12.0. The second-order valence-electron chi connectivity index (χ2n) is 2.90. The highest BCUT2D eigenvalue weighted by Crippen LogP contribution is 2.15. The van der Waals surface area contributed by atoms with E-state index >= 15 is 0 Å². The highest BCUT2D eigenvalue weighted by atomic mass is 32.2. The molecule has 0 spiro atoms. The summed E-state index contributed by atoms with van der Waals surface area (Å²) in [6, 6.07) is 5.34. The zero-order valence-corrected chi connectivity index (χ0v) is 8.76. The molecule has 5 nitrogen and oxygen atoms in total. The molecule has 0 fully saturated rings. The van der Waals surface area contributed by atoms with Crippen molar-refractivity contribution in [2.24, 2.45) is 5.73 Å². The zero-order chi connectivity index (χ0) is 12.3. The van der Waals surface area contributed by atoms with Gasteiger partial charge in [0.1, 0.15) is 5.84 Å². The SMILES string of the molecule is N=C(N)c1cccc(NS(=O)(=O)C(F)F)c1. The quantitative estimate of drug-likeness (QED) is 0.547. The van der Waals surface area contributed by atoms with Gasteiger partial charge in [0.15, 0.2) is 0 Å². The Labute approximate surface area is 90.8 Å². The molecule has 0 saturated carbocycles. The number of hydrogen-bond donors (Lipinski definition) is 3. The summed E-state index contributed by atoms with van der Waals surface area (Å²) in [5.41, 5.74) is 5.35. The number of halogens is 2. The maximum atomic E-state index is 12.0. The molecular weight excluding hydrogens is 240 g/mol. The number of nitrogens with two attached hydrogens (primary N) is 1. The Bertz CT molecular complexity index is 502. The van der Waals surface area contributed by atoms with E-state index in [1.807, 2.05) is 0 Å². The number of amidine groups is 1. The van der Waals surface area contributed by atoms with Crippen molar-refractivity contribution in [3.8, 4) is 0 Å². The van der Waals surface area contributed by atoms with E-state index in [4.69, 9.17) is 11.1 Å². The summed E-state index contributed by atoms with van der Waals surface area (Å²) in [5.74, 6) is -3.79. The van der Waals surface area contributed by atoms with E-state index in [0.717, 1.165) is 0 Å². The van der Waals surface area contributed by atoms with Crippen molar-refractivity contribution in [2.45, 2.75) is 5.76 Å². The number of nitrogens with one attached hydrogen (secondary N) is 2. The fourth-order valence-electron chi connectivity index (χ4n) is 0.959. The number of benzene rings is 1. The Morgan fingerprint density at radius 1 is 1.44 bits per heavy atom. The second kappa shape index (κ2) is 4.44. The van der Waals surface area contributed by atoms with Gasteiger partial charge >= 0.3 is 5.76 Å². The van der Waals surface area contributed by atoms with Crippen LogP contribution >= 0.6 is 0 Å². The van der Waals surface area contributed by atoms with Gasteiger partial charge in [-0.1, -0.05) is 12.1 Å². The minimum atomic E-state index is -4.69. The van der Waals surface area contributed by atoms with Crippen molar-refractivity contribution in [1.29, 1.82) is 5.41 Å². The van der Waals surface area contributed by atoms with E-state index in [2.05, 4.69) is 0 Å². The molecule has 0 aliphatic carbocycles. The normalized spacial score (nSPS) is 11.4. The first-order valence-corrected chi connectivity index (χ1v) is 5.62. The monoisotopic (exact) mass is 249 g/mol. The summed E-state index contributed by atoms with van der Waals surface area (Å²) in [4.78, 5) is 0. The van der Waals surface area contributed by atoms with Crippen LogP contribution in [0.5, 0.6) is 0 Å². The first kappa shape index (κ1) is 12.4. The van der Waals surface area contributed by atoms with E-state index in [0.29, 0.717) is 0 Å². The predicted octanol–water partition coefficient (Wildman–Crippen LogP) is 0.935. The predicted molar refractivity (Wildman–Crippen MR) is 56.0 cm³/mol. The van der Waals surface area contributed by atoms with Crippen LogP contribution in [0.15, 0.2) is 24.3 Å². The van der Waals surface area contributed by atoms with Crippen LogP contribution in [0.1, 0.15) is 5.56 Å². The molecule has 1 rings (SSSR count). The lowest BCUT2D eigenvalue weighted by molar-refractivity contribution is 0.236. The highest BCUT2D eigenvalue weighted by molar-refractivity contribution is 7.93. The van der Waals surface area contributed by atoms with E-state index < -0.39 is 15.8 Å². The largest absolute Gasteiger partial charge is 0.384 e. The molecular formula is C8H9F2N3O2S. The van der Waals surface area contributed by atoms with E-state index in [9.17, 15) is 17.2 Å². The van der Waals surface area contributed by atoms with E-state index in [1.54, 1.807) is 4.72 Å². The van der Waals surface area contributed by atoms with Crippen LogP contribution in [0.2, 0.25) is 0 Å². The summed E-state index contributed by atoms with van der Waals surface area (Å²) in [5, 5.41) is 7.10. The molecule has 0 radical (unpaired) electrons. The van der Waals surface area contributed by atoms with Crippen LogP contribution in [0.4, 0.5) is 14.5 Å². The molecule has 0 amide bonds. The van der Waals surface area contributed by atoms with Gasteiger partial charge in [-0.15, -0.1) is 0 Å². The number of sulfonamides is 1. The lowest BCUT2D eigenvalue weighted by Gasteiger charge is -2.07. The van der Waals surface area contributed by atoms with Crippen molar-refractivity contribution in [1.82, 2.24) is 0 Å². The minimum absolute atomic E-state index is 0.0620. The van der Waals surface area contributed by atoms with Gasteiger partial charge in [-0.3, -0.25) is 10.1 Å². The van der Waals surface area contributed by atoms with Gasteiger partial charge in [0, 0.05) is 11.3 Å². The van der Waals surface area contributed by atoms with Crippen LogP contribution in [-0.2, 0) is 10.0 Å². The summed E-state index contributed by atoms with van der Waals surface area (Å²) < 4.78 is 47.4. The van der Waals surface area contributed by atoms with Gasteiger partial charge in [-0.25, -0.2) is 8.42 Å². The Balaban J connectivity index is 2.99. The van der Waals surface area contributed by atoms with Crippen molar-refractivity contribution >= 4 is 21.5 Å². The van der Waals surface area contributed by atoms with Crippen molar-refractivity contribution < 1.29 is 17.2 Å². The average molecular weight is 249 g/mol. The molecule has 0 bridgehead atoms. The first-order chi connectivity index (χ1) is 7.33. The first-order valence-electron chi connectivity index (χ1n) is 4.07. The van der Waals surface area contributed by atoms with E-state index in [-0.39, 0.29) is 17.1 Å². The Morgan fingerprint density at radius 3 is 2.56 bits per heavy atom. The Hall–Kier alpha value is -1.70. The molecule has 0 heterocycles. The lowest BCUT2D eigenvalue weighted by Crippen LogP contribution is -2.21. The van der Waals surface area contributed by atoms with Crippen LogP contribution < -0.4 is 10.5 Å². The van der Waals surface area contributed by atoms with Crippen LogP contribution in [0, 0.1) is 5.41 Å². The lowest BCUT2D eigenvalue weighted by atomic mass is 10.2. The third-order valence-corrected chi connectivity index (χ3v) is 2.66. The maximum Gasteiger partial charge on any atom is 0.355 e. The molecule has 16 heavy (non-hydrogen) atoms. The molecule has 0 aliphatic heterocycles. The number of alkyl halides is 2. The number of rotatable bonds is 4. The van der Waals surface area contributed by atoms with Gasteiger partial charge in [-0.05, 0) is 12.1 Å². The van der Waals surface area contributed by atoms with Gasteiger partial charge in [0.2, 0.25) is 0 Å². The van der Waals surface area contributed by atoms with Gasteiger partial charge in [0.05, 0.1) is 0 Å². The van der Waals surface area contributed by atoms with Crippen LogP contribution in [0.3, 0.4) is 0 Å². The number of nitrogen functional groups attached to an aromatic ring is 1. The Morgan fingerprint density at radius 2 is 2.06 bits per heavy atom. The molecule has 0 atom stereocenters. The molecule has 4 N–H and O–H groups in total. The van der Waals surface area contributed by atoms with Gasteiger partial charge < -0.3 is 5.73 Å². The summed E-state index contributed by atoms with van der Waals surface area (Å²) in [7, 11) is -4.69. The number of hydrogen-bond acceptors (Lipinski definition) is 3. The summed E-state index contributed by atoms with van der Waals surface area (Å²) >= 11 is 0. The smallest absolute Gasteiger partial charge is 0.355 e. The topological polar surface area (TPSA) is 96.0 Å². The zero-order valence-electron chi connectivity index (χ0n) is 7.94. The molecule has 88 valence electrons. The second-order valence-corrected chi connectivity index (χ2v) is 4.55. The van der Waals surface area contributed by atoms with Crippen molar-refractivity contribution in [3.63, 3.8) is 0 Å². The fraction of sp³-hybridized carbons (Fsp3) is 0.125. The molecule has 8 heteroatoms. The molecule has 1 aromatic carbocycles. The summed E-state index contributed by atoms with van der Waals surface area (Å²) in [6.07, 6.45) is 0. The fourth-order valence-corrected chi connectivity index (χ4v) is 1.50. The average Bonchev–Trinajstić information content (AvgIpc) is 2.17. The third kappa shape index (κ3) is 2.89. The van der Waals surface area contributed by atoms with E-state index in [1.165, 1.54) is 24.3 Å². The van der Waals surface area contributed by atoms with Crippen LogP contribution in [-0.4, -0.2) is 20.0 Å². The molecule has 0 aromatic heterocycles. The molecule has 0 saturated heterocycles.